The van der Waals surface area contributed by atoms with E-state index in [0.717, 1.165) is 24.8 Å². The van der Waals surface area contributed by atoms with E-state index in [1.165, 1.54) is 12.1 Å². The Balaban J connectivity index is 2.13. The summed E-state index contributed by atoms with van der Waals surface area (Å²) < 4.78 is 28.1. The van der Waals surface area contributed by atoms with Crippen molar-refractivity contribution in [1.82, 2.24) is 0 Å². The molecular weight excluding hydrogens is 292 g/mol. The van der Waals surface area contributed by atoms with Crippen molar-refractivity contribution in [2.75, 3.05) is 12.4 Å². The van der Waals surface area contributed by atoms with E-state index in [0.29, 0.717) is 5.69 Å². The fraction of sp³-hybridized carbons (Fsp3) is 0.500. The number of hydrogen-bond donors (Lipinski definition) is 2. The molecule has 7 heteroatoms. The number of hydrogen-bond acceptors (Lipinski definition) is 4. The Morgan fingerprint density at radius 1 is 1.43 bits per heavy atom. The smallest absolute Gasteiger partial charge is 0.238 e. The number of amides is 1. The number of aryl methyl sites for hydroxylation is 1. The maximum absolute atomic E-state index is 12.1. The third-order valence-electron chi connectivity index (χ3n) is 3.99. The van der Waals surface area contributed by atoms with Gasteiger partial charge >= 0.3 is 0 Å². The van der Waals surface area contributed by atoms with Gasteiger partial charge in [-0.05, 0) is 43.9 Å². The molecule has 1 fully saturated rings. The fourth-order valence-corrected chi connectivity index (χ4v) is 2.96. The van der Waals surface area contributed by atoms with Gasteiger partial charge in [-0.3, -0.25) is 4.79 Å². The van der Waals surface area contributed by atoms with Gasteiger partial charge in [0.15, 0.2) is 0 Å². The lowest BCUT2D eigenvalue weighted by atomic mass is 9.77. The Bertz CT molecular complexity index is 645. The Labute approximate surface area is 124 Å². The molecule has 2 rings (SSSR count). The molecule has 1 aliphatic carbocycles. The monoisotopic (exact) mass is 312 g/mol. The molecule has 0 bridgehead atoms. The summed E-state index contributed by atoms with van der Waals surface area (Å²) in [5.74, 6) is -0.189. The predicted molar refractivity (Wildman–Crippen MR) is 79.4 cm³/mol. The molecule has 0 aliphatic heterocycles. The van der Waals surface area contributed by atoms with Gasteiger partial charge in [-0.2, -0.15) is 0 Å². The van der Waals surface area contributed by atoms with Gasteiger partial charge in [0.2, 0.25) is 15.9 Å². The maximum Gasteiger partial charge on any atom is 0.238 e. The third kappa shape index (κ3) is 3.61. The van der Waals surface area contributed by atoms with Gasteiger partial charge in [0.25, 0.3) is 0 Å². The van der Waals surface area contributed by atoms with Crippen molar-refractivity contribution in [3.05, 3.63) is 23.8 Å². The second kappa shape index (κ2) is 5.75. The molecule has 0 spiro atoms. The van der Waals surface area contributed by atoms with Crippen molar-refractivity contribution in [2.45, 2.75) is 43.1 Å². The Morgan fingerprint density at radius 3 is 2.57 bits per heavy atom. The molecule has 0 saturated heterocycles. The molecule has 1 amide bonds. The van der Waals surface area contributed by atoms with Gasteiger partial charge in [0, 0.05) is 12.8 Å². The highest BCUT2D eigenvalue weighted by Crippen LogP contribution is 2.38. The maximum atomic E-state index is 12.1. The minimum absolute atomic E-state index is 0.0199. The van der Waals surface area contributed by atoms with Crippen LogP contribution in [-0.4, -0.2) is 27.0 Å². The number of anilines is 1. The number of nitrogens with one attached hydrogen (secondary N) is 1. The van der Waals surface area contributed by atoms with E-state index in [4.69, 9.17) is 9.88 Å². The van der Waals surface area contributed by atoms with Crippen LogP contribution >= 0.6 is 0 Å². The lowest BCUT2D eigenvalue weighted by molar-refractivity contribution is -0.129. The molecule has 0 unspecified atom stereocenters. The topological polar surface area (TPSA) is 98.5 Å². The molecular formula is C14H20N2O4S. The normalized spacial score (nSPS) is 17.1. The number of sulfonamides is 1. The lowest BCUT2D eigenvalue weighted by Crippen LogP contribution is -2.42. The zero-order chi connectivity index (χ0) is 15.7. The van der Waals surface area contributed by atoms with E-state index in [9.17, 15) is 13.2 Å². The highest BCUT2D eigenvalue weighted by molar-refractivity contribution is 7.89. The van der Waals surface area contributed by atoms with Crippen molar-refractivity contribution in [3.8, 4) is 0 Å². The van der Waals surface area contributed by atoms with Crippen LogP contribution in [0.15, 0.2) is 23.1 Å². The zero-order valence-corrected chi connectivity index (χ0v) is 13.0. The molecule has 3 N–H and O–H groups in total. The number of methoxy groups -OCH3 is 1. The highest BCUT2D eigenvalue weighted by Gasteiger charge is 2.39. The van der Waals surface area contributed by atoms with Crippen LogP contribution in [0.3, 0.4) is 0 Å². The number of nitrogens with two attached hydrogens (primary N) is 1. The molecule has 21 heavy (non-hydrogen) atoms. The van der Waals surface area contributed by atoms with Crippen LogP contribution in [0.4, 0.5) is 5.69 Å². The Morgan fingerprint density at radius 2 is 2.10 bits per heavy atom. The number of primary sulfonamides is 1. The molecule has 0 heterocycles. The average Bonchev–Trinajstić information content (AvgIpc) is 2.35. The predicted octanol–water partition coefficient (Wildman–Crippen LogP) is 1.54. The van der Waals surface area contributed by atoms with Crippen LogP contribution in [-0.2, 0) is 19.6 Å². The fourth-order valence-electron chi connectivity index (χ4n) is 2.42. The van der Waals surface area contributed by atoms with E-state index in [1.807, 2.05) is 0 Å². The molecule has 116 valence electrons. The molecule has 1 aromatic rings. The first-order chi connectivity index (χ1) is 9.76. The number of benzene rings is 1. The van der Waals surface area contributed by atoms with Crippen molar-refractivity contribution in [3.63, 3.8) is 0 Å². The number of carbonyl (C=O) groups excluding carboxylic acids is 1. The summed E-state index contributed by atoms with van der Waals surface area (Å²) in [6.07, 6.45) is 3.06. The SMILES string of the molecule is COC1(CC(=O)Nc2cc(S(N)(=O)=O)ccc2C)CCC1. The van der Waals surface area contributed by atoms with Gasteiger partial charge in [0.05, 0.1) is 16.9 Å². The summed E-state index contributed by atoms with van der Waals surface area (Å²) in [5, 5.41) is 7.84. The molecule has 1 aliphatic rings. The lowest BCUT2D eigenvalue weighted by Gasteiger charge is -2.39. The Hall–Kier alpha value is -1.44. The van der Waals surface area contributed by atoms with Crippen molar-refractivity contribution in [2.24, 2.45) is 5.14 Å². The van der Waals surface area contributed by atoms with Crippen LogP contribution in [0.25, 0.3) is 0 Å². The Kier molecular flexibility index (Phi) is 4.36. The van der Waals surface area contributed by atoms with Crippen LogP contribution in [0.2, 0.25) is 0 Å². The molecule has 1 aromatic carbocycles. The summed E-state index contributed by atoms with van der Waals surface area (Å²) in [5.41, 5.74) is 0.864. The molecule has 0 atom stereocenters. The van der Waals surface area contributed by atoms with Crippen LogP contribution in [0.5, 0.6) is 0 Å². The summed E-state index contributed by atoms with van der Waals surface area (Å²) in [6, 6.07) is 4.41. The van der Waals surface area contributed by atoms with Crippen molar-refractivity contribution < 1.29 is 17.9 Å². The number of ether oxygens (including phenoxy) is 1. The molecule has 1 saturated carbocycles. The summed E-state index contributed by atoms with van der Waals surface area (Å²) in [7, 11) is -2.18. The second-order valence-corrected chi connectivity index (χ2v) is 7.05. The van der Waals surface area contributed by atoms with Gasteiger partial charge in [0.1, 0.15) is 0 Å². The first-order valence-corrected chi connectivity index (χ1v) is 8.29. The quantitative estimate of drug-likeness (QED) is 0.861. The summed E-state index contributed by atoms with van der Waals surface area (Å²) in [4.78, 5) is 12.1. The van der Waals surface area contributed by atoms with Crippen LogP contribution in [0.1, 0.15) is 31.2 Å². The minimum Gasteiger partial charge on any atom is -0.378 e. The second-order valence-electron chi connectivity index (χ2n) is 5.49. The van der Waals surface area contributed by atoms with E-state index in [-0.39, 0.29) is 22.8 Å². The van der Waals surface area contributed by atoms with E-state index in [2.05, 4.69) is 5.32 Å². The van der Waals surface area contributed by atoms with E-state index in [1.54, 1.807) is 20.1 Å². The zero-order valence-electron chi connectivity index (χ0n) is 12.2. The van der Waals surface area contributed by atoms with Gasteiger partial charge < -0.3 is 10.1 Å². The van der Waals surface area contributed by atoms with Gasteiger partial charge in [-0.15, -0.1) is 0 Å². The van der Waals surface area contributed by atoms with E-state index >= 15 is 0 Å². The van der Waals surface area contributed by atoms with Crippen molar-refractivity contribution >= 4 is 21.6 Å². The van der Waals surface area contributed by atoms with Gasteiger partial charge in [-0.25, -0.2) is 13.6 Å². The van der Waals surface area contributed by atoms with E-state index < -0.39 is 10.0 Å². The third-order valence-corrected chi connectivity index (χ3v) is 4.90. The summed E-state index contributed by atoms with van der Waals surface area (Å²) in [6.45, 7) is 1.79. The van der Waals surface area contributed by atoms with Crippen LogP contribution < -0.4 is 10.5 Å². The molecule has 0 radical (unpaired) electrons. The standard InChI is InChI=1S/C14H20N2O4S/c1-10-4-5-11(21(15,18)19)8-12(10)16-13(17)9-14(20-2)6-3-7-14/h4-5,8H,3,6-7,9H2,1-2H3,(H,16,17)(H2,15,18,19). The average molecular weight is 312 g/mol. The minimum atomic E-state index is -3.79. The molecule has 6 nitrogen and oxygen atoms in total. The number of carbonyl (C=O) groups is 1. The first-order valence-electron chi connectivity index (χ1n) is 6.74. The summed E-state index contributed by atoms with van der Waals surface area (Å²) >= 11 is 0. The number of rotatable bonds is 5. The van der Waals surface area contributed by atoms with Crippen molar-refractivity contribution in [1.29, 1.82) is 0 Å². The largest absolute Gasteiger partial charge is 0.378 e. The highest BCUT2D eigenvalue weighted by atomic mass is 32.2. The first kappa shape index (κ1) is 15.9. The van der Waals surface area contributed by atoms with Crippen LogP contribution in [0, 0.1) is 6.92 Å². The molecule has 0 aromatic heterocycles. The van der Waals surface area contributed by atoms with Gasteiger partial charge in [-0.1, -0.05) is 6.07 Å².